The van der Waals surface area contributed by atoms with Crippen LogP contribution in [0.1, 0.15) is 36.5 Å². The number of thiazole rings is 1. The molecule has 1 heterocycles. The van der Waals surface area contributed by atoms with E-state index in [0.717, 1.165) is 23.5 Å². The van der Waals surface area contributed by atoms with Gasteiger partial charge in [-0.25, -0.2) is 4.98 Å². The lowest BCUT2D eigenvalue weighted by atomic mass is 10.1. The molecule has 0 fully saturated rings. The molecule has 2 N–H and O–H groups in total. The van der Waals surface area contributed by atoms with E-state index < -0.39 is 12.8 Å². The van der Waals surface area contributed by atoms with Gasteiger partial charge in [0, 0.05) is 17.8 Å². The monoisotopic (exact) mass is 282 g/mol. The van der Waals surface area contributed by atoms with Gasteiger partial charge in [-0.15, -0.1) is 11.3 Å². The Morgan fingerprint density at radius 3 is 2.83 bits per heavy atom. The number of aromatic nitrogens is 1. The van der Waals surface area contributed by atoms with Crippen LogP contribution in [-0.2, 0) is 11.2 Å². The van der Waals surface area contributed by atoms with Crippen LogP contribution in [0.4, 0.5) is 13.2 Å². The number of hydrogen-bond acceptors (Lipinski definition) is 4. The lowest BCUT2D eigenvalue weighted by Crippen LogP contribution is -2.18. The van der Waals surface area contributed by atoms with Crippen LogP contribution in [0.5, 0.6) is 0 Å². The summed E-state index contributed by atoms with van der Waals surface area (Å²) < 4.78 is 40.0. The second-order valence-corrected chi connectivity index (χ2v) is 4.92. The van der Waals surface area contributed by atoms with Crippen molar-refractivity contribution in [1.82, 2.24) is 4.98 Å². The van der Waals surface area contributed by atoms with Gasteiger partial charge in [0.2, 0.25) is 0 Å². The summed E-state index contributed by atoms with van der Waals surface area (Å²) in [5.74, 6) is 0. The Morgan fingerprint density at radius 2 is 2.22 bits per heavy atom. The summed E-state index contributed by atoms with van der Waals surface area (Å²) in [6, 6.07) is -0.0870. The minimum atomic E-state index is -4.27. The molecule has 1 atom stereocenters. The predicted molar refractivity (Wildman–Crippen MR) is 64.5 cm³/mol. The van der Waals surface area contributed by atoms with Crippen molar-refractivity contribution >= 4 is 11.3 Å². The first-order valence-electron chi connectivity index (χ1n) is 5.76. The molecule has 0 amide bonds. The Labute approximate surface area is 108 Å². The van der Waals surface area contributed by atoms with Gasteiger partial charge in [0.1, 0.15) is 6.61 Å². The molecule has 0 aromatic carbocycles. The lowest BCUT2D eigenvalue weighted by Gasteiger charge is -2.07. The number of halogens is 3. The molecule has 7 heteroatoms. The largest absolute Gasteiger partial charge is 0.411 e. The molecule has 0 aliphatic rings. The van der Waals surface area contributed by atoms with Crippen LogP contribution in [0.15, 0.2) is 5.38 Å². The number of alkyl halides is 3. The first kappa shape index (κ1) is 15.4. The summed E-state index contributed by atoms with van der Waals surface area (Å²) in [5, 5.41) is 2.62. The molecule has 0 bridgehead atoms. The van der Waals surface area contributed by atoms with Gasteiger partial charge in [-0.05, 0) is 6.42 Å². The molecule has 0 saturated carbocycles. The zero-order valence-corrected chi connectivity index (χ0v) is 11.0. The molecule has 1 rings (SSSR count). The summed E-state index contributed by atoms with van der Waals surface area (Å²) in [6.45, 7) is 0.855. The number of nitrogens with two attached hydrogens (primary N) is 1. The average Bonchev–Trinajstić information content (AvgIpc) is 2.72. The molecular weight excluding hydrogens is 265 g/mol. The predicted octanol–water partition coefficient (Wildman–Crippen LogP) is 3.06. The van der Waals surface area contributed by atoms with Gasteiger partial charge < -0.3 is 10.5 Å². The maximum atomic E-state index is 11.8. The van der Waals surface area contributed by atoms with Gasteiger partial charge in [-0.3, -0.25) is 0 Å². The highest BCUT2D eigenvalue weighted by molar-refractivity contribution is 7.09. The van der Waals surface area contributed by atoms with E-state index in [9.17, 15) is 13.2 Å². The summed E-state index contributed by atoms with van der Waals surface area (Å²) >= 11 is 1.41. The van der Waals surface area contributed by atoms with Gasteiger partial charge in [0.05, 0.1) is 17.3 Å². The van der Waals surface area contributed by atoms with Gasteiger partial charge in [0.25, 0.3) is 0 Å². The Bertz CT molecular complexity index is 354. The van der Waals surface area contributed by atoms with E-state index in [1.165, 1.54) is 11.3 Å². The smallest absolute Gasteiger partial charge is 0.372 e. The third kappa shape index (κ3) is 5.79. The molecule has 1 aromatic heterocycles. The van der Waals surface area contributed by atoms with E-state index >= 15 is 0 Å². The SMILES string of the molecule is CCCC(N)c1csc(CCOCC(F)(F)F)n1. The summed E-state index contributed by atoms with van der Waals surface area (Å²) in [4.78, 5) is 4.30. The minimum absolute atomic E-state index is 0.0233. The van der Waals surface area contributed by atoms with Crippen LogP contribution < -0.4 is 5.73 Å². The fraction of sp³-hybridized carbons (Fsp3) is 0.727. The molecule has 1 unspecified atom stereocenters. The number of nitrogens with zero attached hydrogens (tertiary/aromatic N) is 1. The van der Waals surface area contributed by atoms with E-state index in [2.05, 4.69) is 9.72 Å². The second kappa shape index (κ2) is 7.06. The fourth-order valence-corrected chi connectivity index (χ4v) is 2.26. The molecule has 3 nitrogen and oxygen atoms in total. The zero-order valence-electron chi connectivity index (χ0n) is 10.2. The van der Waals surface area contributed by atoms with Crippen LogP contribution in [0.25, 0.3) is 0 Å². The van der Waals surface area contributed by atoms with Crippen molar-refractivity contribution in [3.05, 3.63) is 16.1 Å². The lowest BCUT2D eigenvalue weighted by molar-refractivity contribution is -0.173. The first-order valence-corrected chi connectivity index (χ1v) is 6.64. The summed E-state index contributed by atoms with van der Waals surface area (Å²) in [6.07, 6.45) is -2.05. The van der Waals surface area contributed by atoms with Crippen molar-refractivity contribution in [1.29, 1.82) is 0 Å². The molecular formula is C11H17F3N2OS. The molecule has 0 radical (unpaired) electrons. The second-order valence-electron chi connectivity index (χ2n) is 3.98. The number of hydrogen-bond donors (Lipinski definition) is 1. The highest BCUT2D eigenvalue weighted by atomic mass is 32.1. The van der Waals surface area contributed by atoms with Gasteiger partial charge in [-0.2, -0.15) is 13.2 Å². The van der Waals surface area contributed by atoms with E-state index in [1.54, 1.807) is 0 Å². The molecule has 0 aliphatic heterocycles. The van der Waals surface area contributed by atoms with E-state index in [0.29, 0.717) is 6.42 Å². The van der Waals surface area contributed by atoms with Crippen molar-refractivity contribution in [2.75, 3.05) is 13.2 Å². The normalized spacial score (nSPS) is 13.8. The number of ether oxygens (including phenoxy) is 1. The Hall–Kier alpha value is -0.660. The van der Waals surface area contributed by atoms with Crippen LogP contribution in [0.3, 0.4) is 0 Å². The molecule has 104 valence electrons. The van der Waals surface area contributed by atoms with E-state index in [1.807, 2.05) is 12.3 Å². The van der Waals surface area contributed by atoms with E-state index in [4.69, 9.17) is 5.73 Å². The molecule has 1 aromatic rings. The third-order valence-corrected chi connectivity index (χ3v) is 3.20. The quantitative estimate of drug-likeness (QED) is 0.782. The first-order chi connectivity index (χ1) is 8.42. The van der Waals surface area contributed by atoms with Crippen LogP contribution in [0.2, 0.25) is 0 Å². The molecule has 0 spiro atoms. The van der Waals surface area contributed by atoms with Gasteiger partial charge in [-0.1, -0.05) is 13.3 Å². The van der Waals surface area contributed by atoms with E-state index in [-0.39, 0.29) is 12.6 Å². The van der Waals surface area contributed by atoms with Crippen molar-refractivity contribution in [2.45, 2.75) is 38.4 Å². The highest BCUT2D eigenvalue weighted by Crippen LogP contribution is 2.19. The van der Waals surface area contributed by atoms with Crippen molar-refractivity contribution < 1.29 is 17.9 Å². The molecule has 0 aliphatic carbocycles. The van der Waals surface area contributed by atoms with Crippen molar-refractivity contribution in [3.63, 3.8) is 0 Å². The topological polar surface area (TPSA) is 48.1 Å². The maximum Gasteiger partial charge on any atom is 0.411 e. The summed E-state index contributed by atoms with van der Waals surface area (Å²) in [7, 11) is 0. The summed E-state index contributed by atoms with van der Waals surface area (Å²) in [5.41, 5.74) is 6.71. The number of rotatable bonds is 7. The van der Waals surface area contributed by atoms with Gasteiger partial charge in [0.15, 0.2) is 0 Å². The van der Waals surface area contributed by atoms with Gasteiger partial charge >= 0.3 is 6.18 Å². The fourth-order valence-electron chi connectivity index (χ4n) is 1.42. The van der Waals surface area contributed by atoms with Crippen LogP contribution in [-0.4, -0.2) is 24.4 Å². The van der Waals surface area contributed by atoms with Crippen molar-refractivity contribution in [2.24, 2.45) is 5.73 Å². The minimum Gasteiger partial charge on any atom is -0.372 e. The molecule has 18 heavy (non-hydrogen) atoms. The molecule has 0 saturated heterocycles. The Kier molecular flexibility index (Phi) is 6.04. The third-order valence-electron chi connectivity index (χ3n) is 2.28. The zero-order chi connectivity index (χ0) is 13.6. The van der Waals surface area contributed by atoms with Crippen LogP contribution in [0, 0.1) is 0 Å². The Morgan fingerprint density at radius 1 is 1.50 bits per heavy atom. The maximum absolute atomic E-state index is 11.8. The van der Waals surface area contributed by atoms with Crippen LogP contribution >= 0.6 is 11.3 Å². The highest BCUT2D eigenvalue weighted by Gasteiger charge is 2.27. The standard InChI is InChI=1S/C11H17F3N2OS/c1-2-3-8(15)9-6-18-10(16-9)4-5-17-7-11(12,13)14/h6,8H,2-5,7,15H2,1H3. The Balaban J connectivity index is 2.31. The average molecular weight is 282 g/mol. The van der Waals surface area contributed by atoms with Crippen molar-refractivity contribution in [3.8, 4) is 0 Å².